The van der Waals surface area contributed by atoms with Gasteiger partial charge in [0.15, 0.2) is 5.66 Å². The van der Waals surface area contributed by atoms with Gasteiger partial charge in [-0.15, -0.1) is 0 Å². The van der Waals surface area contributed by atoms with Crippen LogP contribution in [0, 0.1) is 0 Å². The molecule has 3 aromatic rings. The largest absolute Gasteiger partial charge is 0.327 e. The minimum atomic E-state index is -0.951. The van der Waals surface area contributed by atoms with E-state index in [1.807, 2.05) is 41.2 Å². The quantitative estimate of drug-likeness (QED) is 0.574. The predicted molar refractivity (Wildman–Crippen MR) is 105 cm³/mol. The Morgan fingerprint density at radius 2 is 2.04 bits per heavy atom. The monoisotopic (exact) mass is 361 g/mol. The molecule has 1 aliphatic carbocycles. The summed E-state index contributed by atoms with van der Waals surface area (Å²) < 4.78 is 1.90. The second kappa shape index (κ2) is 5.99. The second-order valence-corrected chi connectivity index (χ2v) is 7.36. The lowest BCUT2D eigenvalue weighted by molar-refractivity contribution is 0.434. The molecule has 0 spiro atoms. The van der Waals surface area contributed by atoms with Crippen molar-refractivity contribution in [3.63, 3.8) is 0 Å². The molecule has 0 radical (unpaired) electrons. The fourth-order valence-electron chi connectivity index (χ4n) is 3.59. The summed E-state index contributed by atoms with van der Waals surface area (Å²) in [5.41, 5.74) is 13.1. The first-order valence-corrected chi connectivity index (χ1v) is 9.34. The van der Waals surface area contributed by atoms with E-state index in [9.17, 15) is 0 Å². The van der Waals surface area contributed by atoms with Gasteiger partial charge >= 0.3 is 0 Å². The van der Waals surface area contributed by atoms with Gasteiger partial charge in [-0.3, -0.25) is 20.9 Å². The van der Waals surface area contributed by atoms with Crippen LogP contribution in [0.5, 0.6) is 0 Å². The molecule has 27 heavy (non-hydrogen) atoms. The van der Waals surface area contributed by atoms with Gasteiger partial charge in [0.05, 0.1) is 11.7 Å². The Balaban J connectivity index is 1.51. The zero-order valence-corrected chi connectivity index (χ0v) is 15.2. The van der Waals surface area contributed by atoms with Crippen molar-refractivity contribution in [3.05, 3.63) is 77.4 Å². The molecule has 138 valence electrons. The van der Waals surface area contributed by atoms with E-state index in [4.69, 9.17) is 10.7 Å². The summed E-state index contributed by atoms with van der Waals surface area (Å²) in [5.74, 6) is 1.21. The van der Waals surface area contributed by atoms with Crippen molar-refractivity contribution < 1.29 is 0 Å². The van der Waals surface area contributed by atoms with Crippen LogP contribution in [0.4, 0.5) is 0 Å². The molecule has 7 nitrogen and oxygen atoms in total. The first-order valence-electron chi connectivity index (χ1n) is 9.34. The number of aromatic amines is 1. The summed E-state index contributed by atoms with van der Waals surface area (Å²) >= 11 is 0. The van der Waals surface area contributed by atoms with Crippen LogP contribution in [0.15, 0.2) is 59.7 Å². The number of aromatic nitrogens is 3. The Hall–Kier alpha value is -3.06. The normalized spacial score (nSPS) is 24.1. The average Bonchev–Trinajstić information content (AvgIpc) is 3.19. The summed E-state index contributed by atoms with van der Waals surface area (Å²) in [6, 6.07) is 16.2. The lowest BCUT2D eigenvalue weighted by Gasteiger charge is -2.36. The van der Waals surface area contributed by atoms with Crippen molar-refractivity contribution in [2.24, 2.45) is 10.7 Å². The Kier molecular flexibility index (Phi) is 3.58. The first kappa shape index (κ1) is 16.1. The summed E-state index contributed by atoms with van der Waals surface area (Å²) in [4.78, 5) is 4.82. The van der Waals surface area contributed by atoms with Crippen molar-refractivity contribution in [1.29, 1.82) is 0 Å². The first-order chi connectivity index (χ1) is 13.1. The van der Waals surface area contributed by atoms with E-state index in [-0.39, 0.29) is 6.04 Å². The maximum absolute atomic E-state index is 6.84. The molecule has 3 heterocycles. The summed E-state index contributed by atoms with van der Waals surface area (Å²) in [7, 11) is 0. The number of nitrogens with zero attached hydrogens (tertiary/aromatic N) is 3. The molecule has 1 aliphatic heterocycles. The Morgan fingerprint density at radius 3 is 2.81 bits per heavy atom. The van der Waals surface area contributed by atoms with Crippen LogP contribution in [0.2, 0.25) is 0 Å². The number of guanidine groups is 1. The number of hydrogen-bond acceptors (Lipinski definition) is 3. The maximum atomic E-state index is 6.84. The lowest BCUT2D eigenvalue weighted by Crippen LogP contribution is -2.62. The second-order valence-electron chi connectivity index (χ2n) is 7.36. The summed E-state index contributed by atoms with van der Waals surface area (Å²) in [6.07, 6.45) is 4.37. The van der Waals surface area contributed by atoms with Gasteiger partial charge in [0.1, 0.15) is 5.69 Å². The highest BCUT2D eigenvalue weighted by atomic mass is 15.5. The number of fused-ring (bicyclic) bond motifs is 1. The minimum absolute atomic E-state index is 0.0104. The van der Waals surface area contributed by atoms with Crippen LogP contribution in [0.1, 0.15) is 54.4 Å². The van der Waals surface area contributed by atoms with Crippen molar-refractivity contribution in [3.8, 4) is 0 Å². The number of rotatable bonds is 4. The maximum Gasteiger partial charge on any atom is 0.213 e. The van der Waals surface area contributed by atoms with Gasteiger partial charge < -0.3 is 5.32 Å². The molecule has 1 saturated carbocycles. The summed E-state index contributed by atoms with van der Waals surface area (Å²) in [6.45, 7) is 2.06. The molecule has 1 fully saturated rings. The standard InChI is InChI=1S/C20H23N7/c1-13(14-6-3-2-4-7-14)22-19-23-20(21,18-8-5-11-27(18)26-19)17-12-16(24-25-17)15-9-10-15/h2-8,11-13,15H,9-10,21H2,1H3,(H,24,25)(H2,22,23,26)/t13-,20?/m1/s1. The van der Waals surface area contributed by atoms with E-state index in [1.165, 1.54) is 12.8 Å². The van der Waals surface area contributed by atoms with Gasteiger partial charge in [0.2, 0.25) is 5.96 Å². The van der Waals surface area contributed by atoms with Crippen molar-refractivity contribution in [1.82, 2.24) is 20.2 Å². The molecule has 2 aliphatic rings. The third kappa shape index (κ3) is 2.80. The van der Waals surface area contributed by atoms with E-state index >= 15 is 0 Å². The van der Waals surface area contributed by atoms with E-state index in [2.05, 4.69) is 46.1 Å². The number of benzene rings is 1. The van der Waals surface area contributed by atoms with E-state index in [0.717, 1.165) is 22.6 Å². The average molecular weight is 361 g/mol. The zero-order valence-electron chi connectivity index (χ0n) is 15.2. The van der Waals surface area contributed by atoms with Gasteiger partial charge in [0, 0.05) is 17.8 Å². The molecule has 0 saturated heterocycles. The molecular weight excluding hydrogens is 338 g/mol. The van der Waals surface area contributed by atoms with Gasteiger partial charge in [-0.25, -0.2) is 4.99 Å². The molecule has 5 rings (SSSR count). The van der Waals surface area contributed by atoms with Gasteiger partial charge in [0.25, 0.3) is 0 Å². The Labute approximate surface area is 157 Å². The molecule has 0 bridgehead atoms. The van der Waals surface area contributed by atoms with Crippen molar-refractivity contribution in [2.45, 2.75) is 37.4 Å². The Morgan fingerprint density at radius 1 is 1.22 bits per heavy atom. The third-order valence-electron chi connectivity index (χ3n) is 5.32. The molecule has 2 atom stereocenters. The van der Waals surface area contributed by atoms with Crippen molar-refractivity contribution in [2.75, 3.05) is 5.43 Å². The van der Waals surface area contributed by atoms with Crippen LogP contribution in [-0.2, 0) is 5.66 Å². The number of H-pyrrole nitrogens is 1. The Bertz CT molecular complexity index is 983. The lowest BCUT2D eigenvalue weighted by atomic mass is 10.0. The number of nitrogens with two attached hydrogens (primary N) is 1. The van der Waals surface area contributed by atoms with Crippen LogP contribution in [0.25, 0.3) is 0 Å². The highest BCUT2D eigenvalue weighted by Gasteiger charge is 2.40. The fraction of sp³-hybridized carbons (Fsp3) is 0.300. The van der Waals surface area contributed by atoms with Crippen LogP contribution < -0.4 is 16.5 Å². The van der Waals surface area contributed by atoms with E-state index in [0.29, 0.717) is 11.9 Å². The topological polar surface area (TPSA) is 96.0 Å². The molecule has 1 unspecified atom stereocenters. The van der Waals surface area contributed by atoms with Crippen LogP contribution in [0.3, 0.4) is 0 Å². The highest BCUT2D eigenvalue weighted by molar-refractivity contribution is 5.90. The molecular formula is C20H23N7. The van der Waals surface area contributed by atoms with Gasteiger partial charge in [-0.05, 0) is 43.5 Å². The highest BCUT2D eigenvalue weighted by Crippen LogP contribution is 2.40. The van der Waals surface area contributed by atoms with E-state index in [1.54, 1.807) is 0 Å². The predicted octanol–water partition coefficient (Wildman–Crippen LogP) is 2.51. The summed E-state index contributed by atoms with van der Waals surface area (Å²) in [5, 5.41) is 11.0. The fourth-order valence-corrected chi connectivity index (χ4v) is 3.59. The van der Waals surface area contributed by atoms with Crippen molar-refractivity contribution >= 4 is 5.96 Å². The van der Waals surface area contributed by atoms with Crippen LogP contribution in [-0.4, -0.2) is 20.8 Å². The molecule has 0 amide bonds. The number of nitrogens with one attached hydrogen (secondary N) is 3. The molecule has 7 heteroatoms. The molecule has 5 N–H and O–H groups in total. The van der Waals surface area contributed by atoms with Gasteiger partial charge in [-0.1, -0.05) is 30.3 Å². The SMILES string of the molecule is C[C@@H](N=C1Nn2cccc2C(N)(c2cc(C3CC3)[nH]n2)N1)c1ccccc1. The van der Waals surface area contributed by atoms with Crippen LogP contribution >= 0.6 is 0 Å². The van der Waals surface area contributed by atoms with Gasteiger partial charge in [-0.2, -0.15) is 5.10 Å². The molecule has 2 aromatic heterocycles. The van der Waals surface area contributed by atoms with E-state index < -0.39 is 5.66 Å². The minimum Gasteiger partial charge on any atom is -0.327 e. The smallest absolute Gasteiger partial charge is 0.213 e. The number of hydrogen-bond donors (Lipinski definition) is 4. The number of aliphatic imine (C=N–C) groups is 1. The molecule has 1 aromatic carbocycles. The third-order valence-corrected chi connectivity index (χ3v) is 5.32. The zero-order chi connectivity index (χ0) is 18.4.